The Morgan fingerprint density at radius 3 is 0.821 bits per heavy atom. The van der Waals surface area contributed by atoms with E-state index >= 15 is 0 Å². The Balaban J connectivity index is 3.30. The Bertz CT molecular complexity index is 1500. The first-order valence-corrected chi connectivity index (χ1v) is 44.1. The van der Waals surface area contributed by atoms with Crippen molar-refractivity contribution >= 4 is 11.9 Å². The van der Waals surface area contributed by atoms with Gasteiger partial charge in [0.25, 0.3) is 0 Å². The lowest BCUT2D eigenvalue weighted by Gasteiger charge is -2.22. The zero-order chi connectivity index (χ0) is 68.4. The number of esters is 1. The molecular formula is C89H173NO5. The number of hydrogen-bond acceptors (Lipinski definition) is 5. The number of hydrogen-bond donors (Lipinski definition) is 3. The van der Waals surface area contributed by atoms with E-state index in [4.69, 9.17) is 4.74 Å². The number of carbonyl (C=O) groups is 2. The minimum atomic E-state index is -0.661. The number of allylic oxidation sites excluding steroid dienone is 4. The van der Waals surface area contributed by atoms with Crippen molar-refractivity contribution in [3.63, 3.8) is 0 Å². The second-order valence-corrected chi connectivity index (χ2v) is 30.6. The predicted molar refractivity (Wildman–Crippen MR) is 421 cm³/mol. The molecule has 0 aliphatic carbocycles. The summed E-state index contributed by atoms with van der Waals surface area (Å²) in [7, 11) is 0. The molecule has 0 fully saturated rings. The number of nitrogens with one attached hydrogen (secondary N) is 1. The average molecular weight is 1340 g/mol. The van der Waals surface area contributed by atoms with Gasteiger partial charge in [0.15, 0.2) is 0 Å². The first kappa shape index (κ1) is 93.3. The molecule has 1 amide bonds. The first-order valence-electron chi connectivity index (χ1n) is 44.1. The minimum absolute atomic E-state index is 0.0174. The normalized spacial score (nSPS) is 12.5. The summed E-state index contributed by atoms with van der Waals surface area (Å²) in [5.74, 6) is -0.00530. The van der Waals surface area contributed by atoms with Gasteiger partial charge >= 0.3 is 5.97 Å². The van der Waals surface area contributed by atoms with Crippen molar-refractivity contribution in [1.29, 1.82) is 0 Å². The SMILES string of the molecule is CCCCC/C=C\C/C=C\CCCCCCCCCC(=O)OCCCCCCCCCCCCCCCCCCCCCCCCCCCCCCCCCCCCCCCCCC(=O)NC(CO)C(O)CCCCCCCCCCCCCCCCCCCCCCCC. The van der Waals surface area contributed by atoms with E-state index in [-0.39, 0.29) is 18.5 Å². The van der Waals surface area contributed by atoms with Crippen LogP contribution in [0, 0.1) is 0 Å². The standard InChI is InChI=1S/C89H173NO5/c1-3-5-7-9-11-13-15-17-19-21-22-23-43-46-50-53-57-61-65-69-73-77-81-87(92)86(85-91)90-88(93)82-78-74-70-66-62-58-54-51-47-44-41-39-37-35-33-31-29-27-25-24-26-28-30-32-34-36-38-40-42-45-48-52-56-60-64-68-72-76-80-84-95-89(94)83-79-75-71-67-63-59-55-49-20-18-16-14-12-10-8-6-4-2/h12,14,18,20,86-87,91-92H,3-11,13,15-17,19,21-85H2,1-2H3,(H,90,93)/b14-12-,20-18-. The quantitative estimate of drug-likeness (QED) is 0.0320. The van der Waals surface area contributed by atoms with Crippen LogP contribution in [0.5, 0.6) is 0 Å². The number of aliphatic hydroxyl groups excluding tert-OH is 2. The molecule has 0 aliphatic heterocycles. The van der Waals surface area contributed by atoms with Crippen LogP contribution in [0.1, 0.15) is 508 Å². The highest BCUT2D eigenvalue weighted by molar-refractivity contribution is 5.76. The van der Waals surface area contributed by atoms with E-state index in [1.54, 1.807) is 0 Å². The fourth-order valence-electron chi connectivity index (χ4n) is 14.3. The monoisotopic (exact) mass is 1340 g/mol. The average Bonchev–Trinajstić information content (AvgIpc) is 3.51. The molecule has 95 heavy (non-hydrogen) atoms. The molecule has 0 aromatic heterocycles. The van der Waals surface area contributed by atoms with Crippen molar-refractivity contribution < 1.29 is 24.5 Å². The van der Waals surface area contributed by atoms with Crippen LogP contribution < -0.4 is 5.32 Å². The van der Waals surface area contributed by atoms with E-state index in [2.05, 4.69) is 43.5 Å². The summed E-state index contributed by atoms with van der Waals surface area (Å²) in [4.78, 5) is 24.7. The predicted octanol–water partition coefficient (Wildman–Crippen LogP) is 29.6. The highest BCUT2D eigenvalue weighted by Gasteiger charge is 2.20. The van der Waals surface area contributed by atoms with Gasteiger partial charge in [0.05, 0.1) is 25.4 Å². The number of ether oxygens (including phenoxy) is 1. The van der Waals surface area contributed by atoms with E-state index in [1.165, 1.54) is 424 Å². The second kappa shape index (κ2) is 84.8. The number of carbonyl (C=O) groups excluding carboxylic acids is 2. The molecule has 0 radical (unpaired) electrons. The molecule has 0 spiro atoms. The van der Waals surface area contributed by atoms with Crippen molar-refractivity contribution in [3.8, 4) is 0 Å². The second-order valence-electron chi connectivity index (χ2n) is 30.6. The van der Waals surface area contributed by atoms with Crippen LogP contribution in [0.2, 0.25) is 0 Å². The van der Waals surface area contributed by atoms with Gasteiger partial charge in [0.1, 0.15) is 0 Å². The molecular weight excluding hydrogens is 1160 g/mol. The van der Waals surface area contributed by atoms with Gasteiger partial charge in [-0.25, -0.2) is 0 Å². The maximum Gasteiger partial charge on any atom is 0.305 e. The Kier molecular flexibility index (Phi) is 83.3. The highest BCUT2D eigenvalue weighted by atomic mass is 16.5. The molecule has 3 N–H and O–H groups in total. The van der Waals surface area contributed by atoms with E-state index < -0.39 is 12.1 Å². The lowest BCUT2D eigenvalue weighted by molar-refractivity contribution is -0.143. The summed E-state index contributed by atoms with van der Waals surface area (Å²) in [6.45, 7) is 4.99. The van der Waals surface area contributed by atoms with E-state index in [0.29, 0.717) is 25.9 Å². The van der Waals surface area contributed by atoms with Crippen molar-refractivity contribution in [1.82, 2.24) is 5.32 Å². The molecule has 0 saturated carbocycles. The topological polar surface area (TPSA) is 95.9 Å². The molecule has 2 unspecified atom stereocenters. The third kappa shape index (κ3) is 81.2. The summed E-state index contributed by atoms with van der Waals surface area (Å²) >= 11 is 0. The largest absolute Gasteiger partial charge is 0.466 e. The molecule has 6 nitrogen and oxygen atoms in total. The number of rotatable bonds is 84. The van der Waals surface area contributed by atoms with Gasteiger partial charge < -0.3 is 20.3 Å². The van der Waals surface area contributed by atoms with Gasteiger partial charge in [0, 0.05) is 12.8 Å². The smallest absolute Gasteiger partial charge is 0.305 e. The fourth-order valence-corrected chi connectivity index (χ4v) is 14.3. The van der Waals surface area contributed by atoms with Crippen LogP contribution in [0.15, 0.2) is 24.3 Å². The third-order valence-electron chi connectivity index (χ3n) is 21.0. The third-order valence-corrected chi connectivity index (χ3v) is 21.0. The molecule has 0 aliphatic rings. The van der Waals surface area contributed by atoms with Gasteiger partial charge in [-0.2, -0.15) is 0 Å². The molecule has 0 aromatic rings. The Labute approximate surface area is 596 Å². The van der Waals surface area contributed by atoms with Crippen LogP contribution in [0.4, 0.5) is 0 Å². The van der Waals surface area contributed by atoms with E-state index in [0.717, 1.165) is 51.4 Å². The van der Waals surface area contributed by atoms with Gasteiger partial charge in [-0.3, -0.25) is 9.59 Å². The van der Waals surface area contributed by atoms with Gasteiger partial charge in [-0.05, 0) is 57.8 Å². The number of aliphatic hydroxyl groups is 2. The Hall–Kier alpha value is -1.66. The Morgan fingerprint density at radius 1 is 0.295 bits per heavy atom. The molecule has 2 atom stereocenters. The lowest BCUT2D eigenvalue weighted by atomic mass is 10.0. The van der Waals surface area contributed by atoms with Crippen LogP contribution >= 0.6 is 0 Å². The van der Waals surface area contributed by atoms with Crippen LogP contribution in [0.3, 0.4) is 0 Å². The number of amides is 1. The molecule has 0 heterocycles. The van der Waals surface area contributed by atoms with E-state index in [1.807, 2.05) is 0 Å². The van der Waals surface area contributed by atoms with Crippen LogP contribution in [-0.2, 0) is 14.3 Å². The van der Waals surface area contributed by atoms with Crippen molar-refractivity contribution in [2.24, 2.45) is 0 Å². The maximum absolute atomic E-state index is 12.6. The maximum atomic E-state index is 12.6. The summed E-state index contributed by atoms with van der Waals surface area (Å²) in [5, 5.41) is 23.5. The molecule has 564 valence electrons. The van der Waals surface area contributed by atoms with E-state index in [9.17, 15) is 19.8 Å². The van der Waals surface area contributed by atoms with Crippen molar-refractivity contribution in [3.05, 3.63) is 24.3 Å². The number of unbranched alkanes of at least 4 members (excludes halogenated alkanes) is 69. The van der Waals surface area contributed by atoms with Crippen molar-refractivity contribution in [2.45, 2.75) is 520 Å². The first-order chi connectivity index (χ1) is 47.0. The summed E-state index contributed by atoms with van der Waals surface area (Å²) in [6.07, 6.45) is 110. The summed E-state index contributed by atoms with van der Waals surface area (Å²) in [5.41, 5.74) is 0. The van der Waals surface area contributed by atoms with Crippen molar-refractivity contribution in [2.75, 3.05) is 13.2 Å². The minimum Gasteiger partial charge on any atom is -0.466 e. The molecule has 0 rings (SSSR count). The molecule has 0 bridgehead atoms. The Morgan fingerprint density at radius 2 is 0.526 bits per heavy atom. The van der Waals surface area contributed by atoms with Crippen LogP contribution in [-0.4, -0.2) is 47.4 Å². The zero-order valence-corrected chi connectivity index (χ0v) is 64.9. The van der Waals surface area contributed by atoms with Crippen LogP contribution in [0.25, 0.3) is 0 Å². The van der Waals surface area contributed by atoms with Gasteiger partial charge in [0.2, 0.25) is 5.91 Å². The summed E-state index contributed by atoms with van der Waals surface area (Å²) in [6, 6.07) is -0.538. The molecule has 0 aromatic carbocycles. The zero-order valence-electron chi connectivity index (χ0n) is 64.9. The molecule has 0 saturated heterocycles. The fraction of sp³-hybridized carbons (Fsp3) is 0.933. The lowest BCUT2D eigenvalue weighted by Crippen LogP contribution is -2.45. The highest BCUT2D eigenvalue weighted by Crippen LogP contribution is 2.21. The van der Waals surface area contributed by atoms with Gasteiger partial charge in [-0.15, -0.1) is 0 Å². The van der Waals surface area contributed by atoms with Gasteiger partial charge in [-0.1, -0.05) is 462 Å². The molecule has 6 heteroatoms. The summed E-state index contributed by atoms with van der Waals surface area (Å²) < 4.78 is 5.51.